The molecule has 0 spiro atoms. The van der Waals surface area contributed by atoms with E-state index in [0.29, 0.717) is 5.41 Å². The molecule has 2 rings (SSSR count). The number of halogens is 2. The third-order valence-electron chi connectivity index (χ3n) is 3.51. The Morgan fingerprint density at radius 3 is 2.88 bits per heavy atom. The van der Waals surface area contributed by atoms with Crippen molar-refractivity contribution >= 4 is 17.4 Å². The molecule has 3 nitrogen and oxygen atoms in total. The predicted octanol–water partition coefficient (Wildman–Crippen LogP) is 3.26. The molecule has 1 aliphatic rings. The van der Waals surface area contributed by atoms with Crippen molar-refractivity contribution in [2.45, 2.75) is 32.6 Å². The molecule has 0 aliphatic heterocycles. The molecule has 0 atom stereocenters. The first-order valence-electron chi connectivity index (χ1n) is 5.57. The average Bonchev–Trinajstić information content (AvgIpc) is 2.22. The van der Waals surface area contributed by atoms with Crippen molar-refractivity contribution < 1.29 is 4.39 Å². The number of nitrogens with one attached hydrogen (secondary N) is 1. The van der Waals surface area contributed by atoms with Crippen molar-refractivity contribution in [3.63, 3.8) is 0 Å². The molecule has 0 aromatic carbocycles. The summed E-state index contributed by atoms with van der Waals surface area (Å²) >= 11 is 5.62. The molecule has 1 fully saturated rings. The maximum absolute atomic E-state index is 13.3. The van der Waals surface area contributed by atoms with Gasteiger partial charge in [0.1, 0.15) is 0 Å². The van der Waals surface area contributed by atoms with E-state index in [1.165, 1.54) is 19.3 Å². The van der Waals surface area contributed by atoms with Gasteiger partial charge in [-0.3, -0.25) is 0 Å². The highest BCUT2D eigenvalue weighted by atomic mass is 35.5. The summed E-state index contributed by atoms with van der Waals surface area (Å²) in [5.74, 6) is -0.241. The number of hydrogen-bond donors (Lipinski definition) is 1. The summed E-state index contributed by atoms with van der Waals surface area (Å²) in [6.45, 7) is 2.93. The molecule has 0 saturated heterocycles. The number of hydrogen-bond acceptors (Lipinski definition) is 3. The summed E-state index contributed by atoms with van der Waals surface area (Å²) in [5, 5.41) is 3.11. The standard InChI is InChI=1S/C11H15ClFN3/c1-2-11(4-3-5-11)7-15-9-8(13)6-14-10(12)16-9/h6H,2-5,7H2,1H3,(H,14,15,16). The van der Waals surface area contributed by atoms with E-state index in [0.717, 1.165) is 19.2 Å². The van der Waals surface area contributed by atoms with Crippen LogP contribution < -0.4 is 5.32 Å². The lowest BCUT2D eigenvalue weighted by molar-refractivity contribution is 0.144. The Morgan fingerprint density at radius 1 is 1.56 bits per heavy atom. The van der Waals surface area contributed by atoms with E-state index >= 15 is 0 Å². The summed E-state index contributed by atoms with van der Waals surface area (Å²) < 4.78 is 13.3. The zero-order chi connectivity index (χ0) is 11.6. The van der Waals surface area contributed by atoms with E-state index in [-0.39, 0.29) is 11.1 Å². The molecular formula is C11H15ClFN3. The largest absolute Gasteiger partial charge is 0.367 e. The Morgan fingerprint density at radius 2 is 2.31 bits per heavy atom. The summed E-state index contributed by atoms with van der Waals surface area (Å²) in [6.07, 6.45) is 5.88. The van der Waals surface area contributed by atoms with E-state index in [2.05, 4.69) is 22.2 Å². The van der Waals surface area contributed by atoms with E-state index in [9.17, 15) is 4.39 Å². The van der Waals surface area contributed by atoms with Crippen LogP contribution in [0.5, 0.6) is 0 Å². The highest BCUT2D eigenvalue weighted by Gasteiger charge is 2.34. The minimum absolute atomic E-state index is 0.0723. The molecule has 16 heavy (non-hydrogen) atoms. The van der Waals surface area contributed by atoms with Crippen molar-refractivity contribution in [1.29, 1.82) is 0 Å². The Hall–Kier alpha value is -0.900. The van der Waals surface area contributed by atoms with E-state index < -0.39 is 5.82 Å². The van der Waals surface area contributed by atoms with Gasteiger partial charge in [-0.1, -0.05) is 13.3 Å². The summed E-state index contributed by atoms with van der Waals surface area (Å²) in [5.41, 5.74) is 0.323. The molecular weight excluding hydrogens is 229 g/mol. The molecule has 1 aromatic heterocycles. The van der Waals surface area contributed by atoms with Crippen LogP contribution >= 0.6 is 11.6 Å². The molecule has 1 N–H and O–H groups in total. The van der Waals surface area contributed by atoms with Gasteiger partial charge >= 0.3 is 0 Å². The van der Waals surface area contributed by atoms with Crippen LogP contribution in [0.25, 0.3) is 0 Å². The highest BCUT2D eigenvalue weighted by Crippen LogP contribution is 2.43. The van der Waals surface area contributed by atoms with Gasteiger partial charge in [-0.05, 0) is 36.3 Å². The van der Waals surface area contributed by atoms with Gasteiger partial charge in [0, 0.05) is 6.54 Å². The van der Waals surface area contributed by atoms with E-state index in [1.807, 2.05) is 0 Å². The first-order valence-corrected chi connectivity index (χ1v) is 5.95. The van der Waals surface area contributed by atoms with Gasteiger partial charge in [0.25, 0.3) is 0 Å². The molecule has 1 saturated carbocycles. The lowest BCUT2D eigenvalue weighted by Gasteiger charge is -2.41. The molecule has 88 valence electrons. The minimum Gasteiger partial charge on any atom is -0.367 e. The van der Waals surface area contributed by atoms with Gasteiger partial charge in [0.15, 0.2) is 11.6 Å². The average molecular weight is 244 g/mol. The van der Waals surface area contributed by atoms with Crippen LogP contribution in [0, 0.1) is 11.2 Å². The van der Waals surface area contributed by atoms with Crippen molar-refractivity contribution in [3.05, 3.63) is 17.3 Å². The summed E-state index contributed by atoms with van der Waals surface area (Å²) in [6, 6.07) is 0. The fraction of sp³-hybridized carbons (Fsp3) is 0.636. The zero-order valence-electron chi connectivity index (χ0n) is 9.26. The fourth-order valence-electron chi connectivity index (χ4n) is 2.07. The third kappa shape index (κ3) is 2.26. The minimum atomic E-state index is -0.449. The molecule has 1 aliphatic carbocycles. The van der Waals surface area contributed by atoms with Crippen molar-refractivity contribution in [1.82, 2.24) is 9.97 Å². The zero-order valence-corrected chi connectivity index (χ0v) is 10.0. The number of rotatable bonds is 4. The molecule has 1 heterocycles. The maximum atomic E-state index is 13.3. The lowest BCUT2D eigenvalue weighted by Crippen LogP contribution is -2.36. The van der Waals surface area contributed by atoms with Gasteiger partial charge in [-0.2, -0.15) is 4.98 Å². The second-order valence-electron chi connectivity index (χ2n) is 4.40. The Kier molecular flexibility index (Phi) is 3.28. The summed E-state index contributed by atoms with van der Waals surface area (Å²) in [7, 11) is 0. The van der Waals surface area contributed by atoms with Crippen molar-refractivity contribution in [2.75, 3.05) is 11.9 Å². The fourth-order valence-corrected chi connectivity index (χ4v) is 2.21. The van der Waals surface area contributed by atoms with Gasteiger partial charge in [-0.25, -0.2) is 9.37 Å². The molecule has 0 unspecified atom stereocenters. The monoisotopic (exact) mass is 243 g/mol. The van der Waals surface area contributed by atoms with Crippen LogP contribution in [0.1, 0.15) is 32.6 Å². The SMILES string of the molecule is CCC1(CNc2nc(Cl)ncc2F)CCC1. The van der Waals surface area contributed by atoms with Crippen LogP contribution in [0.2, 0.25) is 5.28 Å². The Bertz CT molecular complexity index is 374. The second-order valence-corrected chi connectivity index (χ2v) is 4.73. The van der Waals surface area contributed by atoms with E-state index in [4.69, 9.17) is 11.6 Å². The van der Waals surface area contributed by atoms with E-state index in [1.54, 1.807) is 0 Å². The molecule has 5 heteroatoms. The molecule has 0 bridgehead atoms. The van der Waals surface area contributed by atoms with Crippen LogP contribution in [0.3, 0.4) is 0 Å². The van der Waals surface area contributed by atoms with Gasteiger partial charge in [-0.15, -0.1) is 0 Å². The van der Waals surface area contributed by atoms with Crippen molar-refractivity contribution in [2.24, 2.45) is 5.41 Å². The van der Waals surface area contributed by atoms with Crippen LogP contribution in [-0.2, 0) is 0 Å². The van der Waals surface area contributed by atoms with Crippen LogP contribution in [0.15, 0.2) is 6.20 Å². The maximum Gasteiger partial charge on any atom is 0.224 e. The number of anilines is 1. The topological polar surface area (TPSA) is 37.8 Å². The second kappa shape index (κ2) is 4.53. The number of nitrogens with zero attached hydrogens (tertiary/aromatic N) is 2. The van der Waals surface area contributed by atoms with Gasteiger partial charge in [0.2, 0.25) is 5.28 Å². The Labute approximate surface area is 99.4 Å². The quantitative estimate of drug-likeness (QED) is 0.825. The lowest BCUT2D eigenvalue weighted by atomic mass is 9.67. The molecule has 0 amide bonds. The first-order chi connectivity index (χ1) is 7.65. The van der Waals surface area contributed by atoms with Gasteiger partial charge < -0.3 is 5.32 Å². The molecule has 0 radical (unpaired) electrons. The smallest absolute Gasteiger partial charge is 0.224 e. The Balaban J connectivity index is 2.01. The van der Waals surface area contributed by atoms with Crippen molar-refractivity contribution in [3.8, 4) is 0 Å². The molecule has 1 aromatic rings. The van der Waals surface area contributed by atoms with Crippen LogP contribution in [-0.4, -0.2) is 16.5 Å². The van der Waals surface area contributed by atoms with Gasteiger partial charge in [0.05, 0.1) is 6.20 Å². The summed E-state index contributed by atoms with van der Waals surface area (Å²) in [4.78, 5) is 7.41. The predicted molar refractivity (Wildman–Crippen MR) is 62.1 cm³/mol. The van der Waals surface area contributed by atoms with Crippen LogP contribution in [0.4, 0.5) is 10.2 Å². The normalized spacial score (nSPS) is 17.9. The first kappa shape index (κ1) is 11.6. The highest BCUT2D eigenvalue weighted by molar-refractivity contribution is 6.28. The third-order valence-corrected chi connectivity index (χ3v) is 3.69. The number of aromatic nitrogens is 2.